The maximum Gasteiger partial charge on any atom is 0.341 e. The van der Waals surface area contributed by atoms with Gasteiger partial charge in [-0.25, -0.2) is 26.7 Å². The maximum atomic E-state index is 13.6. The van der Waals surface area contributed by atoms with Crippen LogP contribution in [-0.4, -0.2) is 27.5 Å². The van der Waals surface area contributed by atoms with Crippen LogP contribution in [0.1, 0.15) is 44.0 Å². The Bertz CT molecular complexity index is 674. The average molecular weight is 349 g/mol. The molecule has 0 aliphatic heterocycles. The summed E-state index contributed by atoms with van der Waals surface area (Å²) >= 11 is 0. The van der Waals surface area contributed by atoms with Crippen molar-refractivity contribution in [2.45, 2.75) is 44.6 Å². The van der Waals surface area contributed by atoms with Crippen LogP contribution in [0.2, 0.25) is 0 Å². The molecule has 0 aliphatic carbocycles. The molecular weight excluding hydrogens is 328 g/mol. The molecule has 23 heavy (non-hydrogen) atoms. The summed E-state index contributed by atoms with van der Waals surface area (Å²) in [5.74, 6) is -3.60. The second-order valence-corrected chi connectivity index (χ2v) is 7.47. The Balaban J connectivity index is 3.09. The van der Waals surface area contributed by atoms with Crippen molar-refractivity contribution in [1.82, 2.24) is 4.72 Å². The minimum atomic E-state index is -4.08. The standard InChI is InChI=1S/C15H21F2NO4S/c1-9(2)5-6-10(3)18-23(20,21)11-7-12(15(19)22-4)14(17)13(16)8-11/h7-10,18H,5-6H2,1-4H3. The number of methoxy groups -OCH3 is 1. The molecule has 0 spiro atoms. The number of hydrogen-bond donors (Lipinski definition) is 1. The molecule has 0 heterocycles. The van der Waals surface area contributed by atoms with Crippen molar-refractivity contribution >= 4 is 16.0 Å². The quantitative estimate of drug-likeness (QED) is 0.768. The number of benzene rings is 1. The number of nitrogens with one attached hydrogen (secondary N) is 1. The summed E-state index contributed by atoms with van der Waals surface area (Å²) in [5, 5.41) is 0. The lowest BCUT2D eigenvalue weighted by atomic mass is 10.1. The fraction of sp³-hybridized carbons (Fsp3) is 0.533. The lowest BCUT2D eigenvalue weighted by Crippen LogP contribution is -2.33. The van der Waals surface area contributed by atoms with E-state index in [4.69, 9.17) is 0 Å². The van der Waals surface area contributed by atoms with Gasteiger partial charge < -0.3 is 4.74 Å². The molecule has 0 aromatic heterocycles. The summed E-state index contributed by atoms with van der Waals surface area (Å²) < 4.78 is 58.4. The number of carbonyl (C=O) groups excluding carboxylic acids is 1. The first-order valence-electron chi connectivity index (χ1n) is 7.18. The molecule has 0 bridgehead atoms. The zero-order valence-corrected chi connectivity index (χ0v) is 14.3. The van der Waals surface area contributed by atoms with Crippen LogP contribution in [0.25, 0.3) is 0 Å². The fourth-order valence-corrected chi connectivity index (χ4v) is 3.27. The molecule has 1 atom stereocenters. The molecule has 0 aliphatic rings. The molecule has 5 nitrogen and oxygen atoms in total. The summed E-state index contributed by atoms with van der Waals surface area (Å²) in [7, 11) is -3.08. The zero-order valence-electron chi connectivity index (χ0n) is 13.5. The second kappa shape index (κ2) is 7.83. The van der Waals surface area contributed by atoms with E-state index in [1.807, 2.05) is 13.8 Å². The molecule has 130 valence electrons. The van der Waals surface area contributed by atoms with Crippen molar-refractivity contribution in [3.63, 3.8) is 0 Å². The molecule has 0 amide bonds. The number of sulfonamides is 1. The first kappa shape index (κ1) is 19.5. The van der Waals surface area contributed by atoms with E-state index in [0.717, 1.165) is 19.6 Å². The SMILES string of the molecule is COC(=O)c1cc(S(=O)(=O)NC(C)CCC(C)C)cc(F)c1F. The first-order chi connectivity index (χ1) is 10.6. The Morgan fingerprint density at radius 1 is 1.22 bits per heavy atom. The van der Waals surface area contributed by atoms with Gasteiger partial charge in [0.2, 0.25) is 10.0 Å². The molecule has 0 saturated heterocycles. The first-order valence-corrected chi connectivity index (χ1v) is 8.66. The van der Waals surface area contributed by atoms with Crippen LogP contribution >= 0.6 is 0 Å². The van der Waals surface area contributed by atoms with Crippen molar-refractivity contribution in [2.24, 2.45) is 5.92 Å². The van der Waals surface area contributed by atoms with Crippen LogP contribution in [0.4, 0.5) is 8.78 Å². The molecule has 0 radical (unpaired) electrons. The van der Waals surface area contributed by atoms with Crippen LogP contribution in [0, 0.1) is 17.6 Å². The second-order valence-electron chi connectivity index (χ2n) is 5.75. The van der Waals surface area contributed by atoms with Gasteiger partial charge in [-0.05, 0) is 37.8 Å². The highest BCUT2D eigenvalue weighted by atomic mass is 32.2. The topological polar surface area (TPSA) is 72.5 Å². The van der Waals surface area contributed by atoms with Gasteiger partial charge in [-0.15, -0.1) is 0 Å². The highest BCUT2D eigenvalue weighted by Gasteiger charge is 2.24. The number of esters is 1. The normalized spacial score (nSPS) is 13.2. The number of hydrogen-bond acceptors (Lipinski definition) is 4. The maximum absolute atomic E-state index is 13.6. The summed E-state index contributed by atoms with van der Waals surface area (Å²) in [6.07, 6.45) is 1.42. The zero-order chi connectivity index (χ0) is 17.8. The molecule has 8 heteroatoms. The average Bonchev–Trinajstić information content (AvgIpc) is 2.46. The Morgan fingerprint density at radius 2 is 1.83 bits per heavy atom. The largest absolute Gasteiger partial charge is 0.465 e. The van der Waals surface area contributed by atoms with Crippen molar-refractivity contribution in [1.29, 1.82) is 0 Å². The summed E-state index contributed by atoms with van der Waals surface area (Å²) in [6, 6.07) is 0.929. The fourth-order valence-electron chi connectivity index (χ4n) is 1.95. The third-order valence-corrected chi connectivity index (χ3v) is 4.82. The van der Waals surface area contributed by atoms with Gasteiger partial charge in [0.05, 0.1) is 17.6 Å². The van der Waals surface area contributed by atoms with Crippen LogP contribution in [0.5, 0.6) is 0 Å². The Kier molecular flexibility index (Phi) is 6.64. The van der Waals surface area contributed by atoms with E-state index >= 15 is 0 Å². The van der Waals surface area contributed by atoms with Gasteiger partial charge in [0.15, 0.2) is 11.6 Å². The van der Waals surface area contributed by atoms with E-state index in [-0.39, 0.29) is 6.04 Å². The molecular formula is C15H21F2NO4S. The summed E-state index contributed by atoms with van der Waals surface area (Å²) in [6.45, 7) is 5.71. The predicted molar refractivity (Wildman–Crippen MR) is 81.6 cm³/mol. The molecule has 0 fully saturated rings. The van der Waals surface area contributed by atoms with E-state index in [0.29, 0.717) is 18.4 Å². The minimum Gasteiger partial charge on any atom is -0.465 e. The lowest BCUT2D eigenvalue weighted by Gasteiger charge is -2.16. The highest BCUT2D eigenvalue weighted by molar-refractivity contribution is 7.89. The molecule has 0 saturated carbocycles. The Hall–Kier alpha value is -1.54. The van der Waals surface area contributed by atoms with Crippen molar-refractivity contribution < 1.29 is 26.7 Å². The van der Waals surface area contributed by atoms with Crippen LogP contribution in [0.3, 0.4) is 0 Å². The van der Waals surface area contributed by atoms with Gasteiger partial charge in [-0.3, -0.25) is 0 Å². The van der Waals surface area contributed by atoms with Crippen molar-refractivity contribution in [3.8, 4) is 0 Å². The molecule has 1 aromatic carbocycles. The summed E-state index contributed by atoms with van der Waals surface area (Å²) in [5.41, 5.74) is -0.761. The van der Waals surface area contributed by atoms with E-state index in [1.165, 1.54) is 0 Å². The Labute approximate surface area is 135 Å². The number of halogens is 2. The van der Waals surface area contributed by atoms with Crippen LogP contribution < -0.4 is 4.72 Å². The molecule has 1 N–H and O–H groups in total. The van der Waals surface area contributed by atoms with Crippen LogP contribution in [-0.2, 0) is 14.8 Å². The smallest absolute Gasteiger partial charge is 0.341 e. The summed E-state index contributed by atoms with van der Waals surface area (Å²) in [4.78, 5) is 10.9. The predicted octanol–water partition coefficient (Wildman–Crippen LogP) is 2.85. The highest BCUT2D eigenvalue weighted by Crippen LogP contribution is 2.20. The van der Waals surface area contributed by atoms with Gasteiger partial charge in [0.1, 0.15) is 0 Å². The number of ether oxygens (including phenoxy) is 1. The van der Waals surface area contributed by atoms with E-state index < -0.39 is 38.1 Å². The third-order valence-electron chi connectivity index (χ3n) is 3.25. The van der Waals surface area contributed by atoms with E-state index in [1.54, 1.807) is 6.92 Å². The minimum absolute atomic E-state index is 0.378. The van der Waals surface area contributed by atoms with Crippen LogP contribution in [0.15, 0.2) is 17.0 Å². The number of carbonyl (C=O) groups is 1. The van der Waals surface area contributed by atoms with Gasteiger partial charge in [0, 0.05) is 6.04 Å². The van der Waals surface area contributed by atoms with E-state index in [2.05, 4.69) is 9.46 Å². The molecule has 1 aromatic rings. The lowest BCUT2D eigenvalue weighted by molar-refractivity contribution is 0.0594. The van der Waals surface area contributed by atoms with Gasteiger partial charge in [0.25, 0.3) is 0 Å². The van der Waals surface area contributed by atoms with Crippen molar-refractivity contribution in [3.05, 3.63) is 29.3 Å². The number of rotatable bonds is 7. The van der Waals surface area contributed by atoms with E-state index in [9.17, 15) is 22.0 Å². The monoisotopic (exact) mass is 349 g/mol. The Morgan fingerprint density at radius 3 is 2.35 bits per heavy atom. The van der Waals surface area contributed by atoms with Gasteiger partial charge in [-0.1, -0.05) is 13.8 Å². The van der Waals surface area contributed by atoms with Gasteiger partial charge in [-0.2, -0.15) is 0 Å². The van der Waals surface area contributed by atoms with Crippen molar-refractivity contribution in [2.75, 3.05) is 7.11 Å². The van der Waals surface area contributed by atoms with Gasteiger partial charge >= 0.3 is 5.97 Å². The molecule has 1 unspecified atom stereocenters. The molecule has 1 rings (SSSR count). The third kappa shape index (κ3) is 5.24.